The number of nitrogens with one attached hydrogen (secondary N) is 2. The lowest BCUT2D eigenvalue weighted by Crippen LogP contribution is -2.38. The Labute approximate surface area is 128 Å². The zero-order valence-corrected chi connectivity index (χ0v) is 12.4. The van der Waals surface area contributed by atoms with Crippen LogP contribution in [0.1, 0.15) is 19.8 Å². The number of amides is 2. The average molecular weight is 305 g/mol. The Hall–Kier alpha value is -2.34. The van der Waals surface area contributed by atoms with E-state index in [9.17, 15) is 9.18 Å². The molecule has 0 saturated carbocycles. The van der Waals surface area contributed by atoms with Crippen LogP contribution in [0.4, 0.5) is 14.9 Å². The van der Waals surface area contributed by atoms with Crippen molar-refractivity contribution in [2.45, 2.75) is 25.8 Å². The molecule has 1 heterocycles. The van der Waals surface area contributed by atoms with Gasteiger partial charge in [-0.05, 0) is 43.2 Å². The van der Waals surface area contributed by atoms with E-state index in [2.05, 4.69) is 10.6 Å². The molecule has 0 aliphatic heterocycles. The first-order valence-electron chi connectivity index (χ1n) is 7.25. The Morgan fingerprint density at radius 1 is 1.36 bits per heavy atom. The first kappa shape index (κ1) is 16.0. The number of nitrogens with zero attached hydrogens (tertiary/aromatic N) is 1. The lowest BCUT2D eigenvalue weighted by atomic mass is 10.1. The zero-order valence-electron chi connectivity index (χ0n) is 12.4. The van der Waals surface area contributed by atoms with Crippen LogP contribution in [-0.2, 0) is 0 Å². The Kier molecular flexibility index (Phi) is 5.55. The molecule has 1 atom stereocenters. The third-order valence-electron chi connectivity index (χ3n) is 3.41. The highest BCUT2D eigenvalue weighted by molar-refractivity contribution is 5.89. The molecule has 2 aromatic rings. The normalized spacial score (nSPS) is 12.0. The van der Waals surface area contributed by atoms with Crippen LogP contribution in [0, 0.1) is 5.82 Å². The highest BCUT2D eigenvalue weighted by Crippen LogP contribution is 2.19. The summed E-state index contributed by atoms with van der Waals surface area (Å²) in [6.45, 7) is 1.91. The summed E-state index contributed by atoms with van der Waals surface area (Å²) in [5, 5.41) is 14.2. The van der Waals surface area contributed by atoms with E-state index in [1.165, 1.54) is 6.07 Å². The fraction of sp³-hybridized carbons (Fsp3) is 0.312. The van der Waals surface area contributed by atoms with E-state index in [4.69, 9.17) is 5.11 Å². The number of halogens is 1. The molecule has 6 heteroatoms. The van der Waals surface area contributed by atoms with Gasteiger partial charge in [-0.2, -0.15) is 0 Å². The average Bonchev–Trinajstić information content (AvgIpc) is 3.03. The second-order valence-corrected chi connectivity index (χ2v) is 4.97. The zero-order chi connectivity index (χ0) is 15.9. The van der Waals surface area contributed by atoms with Gasteiger partial charge in [-0.3, -0.25) is 0 Å². The predicted molar refractivity (Wildman–Crippen MR) is 83.7 cm³/mol. The van der Waals surface area contributed by atoms with Gasteiger partial charge in [-0.15, -0.1) is 0 Å². The second kappa shape index (κ2) is 7.61. The summed E-state index contributed by atoms with van der Waals surface area (Å²) in [6, 6.07) is 7.63. The fourth-order valence-corrected chi connectivity index (χ4v) is 2.15. The fourth-order valence-electron chi connectivity index (χ4n) is 2.15. The third-order valence-corrected chi connectivity index (χ3v) is 3.41. The number of anilines is 1. The van der Waals surface area contributed by atoms with Crippen molar-refractivity contribution < 1.29 is 14.3 Å². The van der Waals surface area contributed by atoms with E-state index >= 15 is 0 Å². The van der Waals surface area contributed by atoms with Crippen molar-refractivity contribution >= 4 is 11.7 Å². The SMILES string of the molecule is CCC(CCO)NC(=O)Nc1cc(-n2cccc2)ccc1F. The molecule has 5 nitrogen and oxygen atoms in total. The van der Waals surface area contributed by atoms with Crippen LogP contribution in [-0.4, -0.2) is 28.4 Å². The summed E-state index contributed by atoms with van der Waals surface area (Å²) in [6.07, 6.45) is 4.84. The summed E-state index contributed by atoms with van der Waals surface area (Å²) < 4.78 is 15.7. The van der Waals surface area contributed by atoms with E-state index in [1.807, 2.05) is 36.0 Å². The lowest BCUT2D eigenvalue weighted by Gasteiger charge is -2.17. The van der Waals surface area contributed by atoms with Crippen LogP contribution in [0.2, 0.25) is 0 Å². The molecule has 2 amide bonds. The molecule has 22 heavy (non-hydrogen) atoms. The van der Waals surface area contributed by atoms with Gasteiger partial charge in [0.1, 0.15) is 5.82 Å². The Morgan fingerprint density at radius 2 is 2.09 bits per heavy atom. The van der Waals surface area contributed by atoms with Crippen LogP contribution in [0.5, 0.6) is 0 Å². The number of aliphatic hydroxyl groups excluding tert-OH is 1. The van der Waals surface area contributed by atoms with E-state index < -0.39 is 11.8 Å². The first-order chi connectivity index (χ1) is 10.6. The molecule has 1 aromatic heterocycles. The van der Waals surface area contributed by atoms with Crippen molar-refractivity contribution in [3.8, 4) is 5.69 Å². The van der Waals surface area contributed by atoms with Crippen molar-refractivity contribution in [2.24, 2.45) is 0 Å². The molecule has 0 fully saturated rings. The second-order valence-electron chi connectivity index (χ2n) is 4.97. The number of hydrogen-bond acceptors (Lipinski definition) is 2. The molecule has 0 radical (unpaired) electrons. The molecule has 118 valence electrons. The summed E-state index contributed by atoms with van der Waals surface area (Å²) in [5.41, 5.74) is 0.867. The van der Waals surface area contributed by atoms with E-state index in [-0.39, 0.29) is 18.3 Å². The maximum atomic E-state index is 13.8. The van der Waals surface area contributed by atoms with Crippen molar-refractivity contribution in [1.29, 1.82) is 0 Å². The molecular weight excluding hydrogens is 285 g/mol. The summed E-state index contributed by atoms with van der Waals surface area (Å²) in [5.74, 6) is -0.499. The Balaban J connectivity index is 2.08. The first-order valence-corrected chi connectivity index (χ1v) is 7.25. The minimum absolute atomic E-state index is 0.00371. The number of urea groups is 1. The highest BCUT2D eigenvalue weighted by Gasteiger charge is 2.12. The van der Waals surface area contributed by atoms with Gasteiger partial charge < -0.3 is 20.3 Å². The summed E-state index contributed by atoms with van der Waals surface area (Å²) >= 11 is 0. The number of aliphatic hydroxyl groups is 1. The molecule has 0 aliphatic carbocycles. The quantitative estimate of drug-likeness (QED) is 0.768. The third kappa shape index (κ3) is 4.08. The smallest absolute Gasteiger partial charge is 0.319 e. The molecule has 0 saturated heterocycles. The number of aromatic nitrogens is 1. The van der Waals surface area contributed by atoms with Gasteiger partial charge >= 0.3 is 6.03 Å². The molecule has 0 aliphatic rings. The summed E-state index contributed by atoms with van der Waals surface area (Å²) in [7, 11) is 0. The van der Waals surface area contributed by atoms with Crippen molar-refractivity contribution in [3.63, 3.8) is 0 Å². The largest absolute Gasteiger partial charge is 0.396 e. The topological polar surface area (TPSA) is 66.3 Å². The lowest BCUT2D eigenvalue weighted by molar-refractivity contribution is 0.237. The van der Waals surface area contributed by atoms with Gasteiger partial charge in [0.05, 0.1) is 5.69 Å². The molecular formula is C16H20FN3O2. The Bertz CT molecular complexity index is 614. The van der Waals surface area contributed by atoms with Gasteiger partial charge in [-0.25, -0.2) is 9.18 Å². The Morgan fingerprint density at radius 3 is 2.73 bits per heavy atom. The highest BCUT2D eigenvalue weighted by atomic mass is 19.1. The maximum Gasteiger partial charge on any atom is 0.319 e. The molecule has 3 N–H and O–H groups in total. The maximum absolute atomic E-state index is 13.8. The summed E-state index contributed by atoms with van der Waals surface area (Å²) in [4.78, 5) is 11.9. The van der Waals surface area contributed by atoms with Gasteiger partial charge in [0.25, 0.3) is 0 Å². The number of rotatable bonds is 6. The molecule has 1 aromatic carbocycles. The van der Waals surface area contributed by atoms with E-state index in [0.29, 0.717) is 12.8 Å². The number of carbonyl (C=O) groups excluding carboxylic acids is 1. The van der Waals surface area contributed by atoms with Crippen LogP contribution in [0.15, 0.2) is 42.7 Å². The minimum atomic E-state index is -0.499. The van der Waals surface area contributed by atoms with Gasteiger partial charge in [0.2, 0.25) is 0 Å². The van der Waals surface area contributed by atoms with Crippen LogP contribution < -0.4 is 10.6 Å². The van der Waals surface area contributed by atoms with Crippen molar-refractivity contribution in [1.82, 2.24) is 9.88 Å². The van der Waals surface area contributed by atoms with E-state index in [1.54, 1.807) is 12.1 Å². The number of benzene rings is 1. The molecule has 2 rings (SSSR count). The monoisotopic (exact) mass is 305 g/mol. The molecule has 1 unspecified atom stereocenters. The van der Waals surface area contributed by atoms with E-state index in [0.717, 1.165) is 5.69 Å². The van der Waals surface area contributed by atoms with Crippen LogP contribution in [0.3, 0.4) is 0 Å². The minimum Gasteiger partial charge on any atom is -0.396 e. The van der Waals surface area contributed by atoms with Crippen molar-refractivity contribution in [2.75, 3.05) is 11.9 Å². The van der Waals surface area contributed by atoms with Gasteiger partial charge in [-0.1, -0.05) is 6.92 Å². The predicted octanol–water partition coefficient (Wildman–Crippen LogP) is 2.90. The number of carbonyl (C=O) groups is 1. The van der Waals surface area contributed by atoms with Crippen molar-refractivity contribution in [3.05, 3.63) is 48.5 Å². The molecule has 0 bridgehead atoms. The van der Waals surface area contributed by atoms with Crippen LogP contribution in [0.25, 0.3) is 5.69 Å². The van der Waals surface area contributed by atoms with Crippen LogP contribution >= 0.6 is 0 Å². The standard InChI is InChI=1S/C16H20FN3O2/c1-2-12(7-10-21)18-16(22)19-15-11-13(5-6-14(15)17)20-8-3-4-9-20/h3-6,8-9,11-12,21H,2,7,10H2,1H3,(H2,18,19,22). The molecule has 0 spiro atoms. The van der Waals surface area contributed by atoms with Gasteiger partial charge in [0, 0.05) is 30.7 Å². The number of hydrogen-bond donors (Lipinski definition) is 3. The van der Waals surface area contributed by atoms with Gasteiger partial charge in [0.15, 0.2) is 0 Å².